The summed E-state index contributed by atoms with van der Waals surface area (Å²) < 4.78 is 16.8. The fourth-order valence-electron chi connectivity index (χ4n) is 7.77. The van der Waals surface area contributed by atoms with Crippen LogP contribution >= 0.6 is 0 Å². The summed E-state index contributed by atoms with van der Waals surface area (Å²) in [6, 6.07) is 0. The molecule has 0 heterocycles. The fraction of sp³-hybridized carbons (Fsp3) is 0.627. The smallest absolute Gasteiger partial charge is 0.306 e. The normalized spacial score (nSPS) is 13.1. The third-order valence-electron chi connectivity index (χ3n) is 12.2. The van der Waals surface area contributed by atoms with Crippen molar-refractivity contribution >= 4 is 17.9 Å². The maximum Gasteiger partial charge on any atom is 0.306 e. The lowest BCUT2D eigenvalue weighted by atomic mass is 10.1. The summed E-state index contributed by atoms with van der Waals surface area (Å²) in [6.45, 7) is 6.34. The molecular formula is C67H108O6. The molecule has 0 N–H and O–H groups in total. The van der Waals surface area contributed by atoms with Crippen LogP contribution in [0.15, 0.2) is 134 Å². The molecule has 6 nitrogen and oxygen atoms in total. The fourth-order valence-corrected chi connectivity index (χ4v) is 7.77. The van der Waals surface area contributed by atoms with Crippen molar-refractivity contribution in [1.29, 1.82) is 0 Å². The Bertz CT molecular complexity index is 1580. The van der Waals surface area contributed by atoms with Crippen molar-refractivity contribution in [3.05, 3.63) is 134 Å². The van der Waals surface area contributed by atoms with Crippen LogP contribution in [-0.4, -0.2) is 37.2 Å². The van der Waals surface area contributed by atoms with E-state index >= 15 is 0 Å². The maximum absolute atomic E-state index is 12.8. The summed E-state index contributed by atoms with van der Waals surface area (Å²) in [7, 11) is 0. The first-order valence-corrected chi connectivity index (χ1v) is 29.7. The Morgan fingerprint density at radius 1 is 0.288 bits per heavy atom. The molecule has 0 amide bonds. The molecule has 0 bridgehead atoms. The summed E-state index contributed by atoms with van der Waals surface area (Å²) in [5.41, 5.74) is 0. The minimum Gasteiger partial charge on any atom is -0.462 e. The van der Waals surface area contributed by atoms with Gasteiger partial charge in [0.1, 0.15) is 13.2 Å². The highest BCUT2D eigenvalue weighted by Gasteiger charge is 2.19. The predicted octanol–water partition coefficient (Wildman–Crippen LogP) is 20.2. The second kappa shape index (κ2) is 60.1. The molecule has 0 aromatic heterocycles. The summed E-state index contributed by atoms with van der Waals surface area (Å²) >= 11 is 0. The second-order valence-corrected chi connectivity index (χ2v) is 19.1. The van der Waals surface area contributed by atoms with Crippen LogP contribution in [0, 0.1) is 0 Å². The Morgan fingerprint density at radius 3 is 0.863 bits per heavy atom. The zero-order valence-electron chi connectivity index (χ0n) is 47.1. The van der Waals surface area contributed by atoms with Crippen LogP contribution in [0.1, 0.15) is 252 Å². The largest absolute Gasteiger partial charge is 0.462 e. The molecule has 412 valence electrons. The molecular weight excluding hydrogens is 901 g/mol. The molecule has 1 unspecified atom stereocenters. The molecule has 0 rings (SSSR count). The number of allylic oxidation sites excluding steroid dienone is 22. The number of unbranched alkanes of at least 4 members (excludes halogenated alkanes) is 19. The highest BCUT2D eigenvalue weighted by molar-refractivity contribution is 5.71. The summed E-state index contributed by atoms with van der Waals surface area (Å²) in [4.78, 5) is 38.0. The Labute approximate surface area is 449 Å². The third kappa shape index (κ3) is 58.3. The molecule has 0 aromatic rings. The number of rotatable bonds is 52. The van der Waals surface area contributed by atoms with Gasteiger partial charge in [-0.3, -0.25) is 14.4 Å². The minimum atomic E-state index is -0.803. The zero-order chi connectivity index (χ0) is 52.9. The van der Waals surface area contributed by atoms with Crippen LogP contribution in [0.2, 0.25) is 0 Å². The van der Waals surface area contributed by atoms with Gasteiger partial charge >= 0.3 is 17.9 Å². The summed E-state index contributed by atoms with van der Waals surface area (Å²) in [5.74, 6) is -0.953. The molecule has 0 aliphatic carbocycles. The quantitative estimate of drug-likeness (QED) is 0.0261. The van der Waals surface area contributed by atoms with Crippen molar-refractivity contribution in [2.75, 3.05) is 13.2 Å². The lowest BCUT2D eigenvalue weighted by Gasteiger charge is -2.18. The van der Waals surface area contributed by atoms with Crippen molar-refractivity contribution in [3.63, 3.8) is 0 Å². The predicted molar refractivity (Wildman–Crippen MR) is 316 cm³/mol. The van der Waals surface area contributed by atoms with Gasteiger partial charge in [-0.25, -0.2) is 0 Å². The Hall–Kier alpha value is -4.45. The highest BCUT2D eigenvalue weighted by atomic mass is 16.6. The number of esters is 3. The van der Waals surface area contributed by atoms with Gasteiger partial charge < -0.3 is 14.2 Å². The first kappa shape index (κ1) is 68.6. The van der Waals surface area contributed by atoms with E-state index in [2.05, 4.69) is 154 Å². The van der Waals surface area contributed by atoms with E-state index < -0.39 is 6.10 Å². The Kier molecular flexibility index (Phi) is 56.4. The van der Waals surface area contributed by atoms with Crippen LogP contribution in [0.5, 0.6) is 0 Å². The molecule has 0 saturated heterocycles. The van der Waals surface area contributed by atoms with Crippen molar-refractivity contribution in [3.8, 4) is 0 Å². The van der Waals surface area contributed by atoms with Gasteiger partial charge in [0, 0.05) is 19.3 Å². The molecule has 73 heavy (non-hydrogen) atoms. The van der Waals surface area contributed by atoms with Crippen molar-refractivity contribution in [1.82, 2.24) is 0 Å². The average molecular weight is 1010 g/mol. The van der Waals surface area contributed by atoms with Crippen molar-refractivity contribution < 1.29 is 28.6 Å². The van der Waals surface area contributed by atoms with E-state index in [0.29, 0.717) is 19.3 Å². The number of carbonyl (C=O) groups excluding carboxylic acids is 3. The standard InChI is InChI=1S/C67H108O6/c1-4-7-10-13-16-19-21-23-25-26-27-28-29-30-31-32-33-34-35-36-37-38-39-40-42-43-45-48-51-54-57-60-66(69)72-63-64(62-71-65(68)59-56-53-50-47-18-15-12-9-6-3)73-67(70)61-58-55-52-49-46-44-41-24-22-20-17-14-11-8-5-2/h7-8,10-11,16-17,19-20,23-25,27-28,30-31,33-34,36-37,41,46,49,64H,4-6,9,12-15,18,21-22,26,29,32,35,38-40,42-45,47-48,50-63H2,1-3H3/b10-7-,11-8-,19-16-,20-17-,25-23-,28-27-,31-30-,34-33-,37-36-,41-24-,49-46-. The van der Waals surface area contributed by atoms with Crippen molar-refractivity contribution in [2.24, 2.45) is 0 Å². The van der Waals surface area contributed by atoms with Crippen LogP contribution in [0.25, 0.3) is 0 Å². The number of hydrogen-bond acceptors (Lipinski definition) is 6. The number of carbonyl (C=O) groups is 3. The minimum absolute atomic E-state index is 0.0982. The molecule has 6 heteroatoms. The van der Waals surface area contributed by atoms with Gasteiger partial charge in [0.25, 0.3) is 0 Å². The van der Waals surface area contributed by atoms with E-state index in [9.17, 15) is 14.4 Å². The lowest BCUT2D eigenvalue weighted by Crippen LogP contribution is -2.30. The van der Waals surface area contributed by atoms with E-state index in [1.54, 1.807) is 0 Å². The first-order valence-electron chi connectivity index (χ1n) is 29.7. The Balaban J connectivity index is 4.24. The van der Waals surface area contributed by atoms with Gasteiger partial charge in [-0.05, 0) is 116 Å². The van der Waals surface area contributed by atoms with E-state index in [1.807, 2.05) is 0 Å². The summed E-state index contributed by atoms with van der Waals surface area (Å²) in [6.07, 6.45) is 84.6. The first-order chi connectivity index (χ1) is 36.0. The van der Waals surface area contributed by atoms with E-state index in [1.165, 1.54) is 77.0 Å². The molecule has 1 atom stereocenters. The Morgan fingerprint density at radius 2 is 0.534 bits per heavy atom. The van der Waals surface area contributed by atoms with E-state index in [0.717, 1.165) is 128 Å². The van der Waals surface area contributed by atoms with Crippen molar-refractivity contribution in [2.45, 2.75) is 258 Å². The average Bonchev–Trinajstić information content (AvgIpc) is 3.39. The third-order valence-corrected chi connectivity index (χ3v) is 12.2. The number of ether oxygens (including phenoxy) is 3. The maximum atomic E-state index is 12.8. The second-order valence-electron chi connectivity index (χ2n) is 19.1. The zero-order valence-corrected chi connectivity index (χ0v) is 47.1. The van der Waals surface area contributed by atoms with E-state index in [4.69, 9.17) is 14.2 Å². The molecule has 0 spiro atoms. The van der Waals surface area contributed by atoms with Crippen LogP contribution < -0.4 is 0 Å². The van der Waals surface area contributed by atoms with Crippen LogP contribution in [0.3, 0.4) is 0 Å². The van der Waals surface area contributed by atoms with Crippen LogP contribution in [-0.2, 0) is 28.6 Å². The number of hydrogen-bond donors (Lipinski definition) is 0. The molecule has 0 fully saturated rings. The topological polar surface area (TPSA) is 78.9 Å². The van der Waals surface area contributed by atoms with Gasteiger partial charge in [-0.2, -0.15) is 0 Å². The van der Waals surface area contributed by atoms with E-state index in [-0.39, 0.29) is 37.5 Å². The van der Waals surface area contributed by atoms with Crippen LogP contribution in [0.4, 0.5) is 0 Å². The van der Waals surface area contributed by atoms with Gasteiger partial charge in [0.05, 0.1) is 0 Å². The van der Waals surface area contributed by atoms with Gasteiger partial charge in [0.15, 0.2) is 6.10 Å². The summed E-state index contributed by atoms with van der Waals surface area (Å²) in [5, 5.41) is 0. The molecule has 0 aromatic carbocycles. The SMILES string of the molecule is CC/C=C\C/C=C\C/C=C\C/C=C\C/C=C\C/C=C\C/C=C\CCCCCCCCCCCC(=O)OCC(COC(=O)CCCCCCCCCCC)OC(=O)CCCC/C=C\C/C=C\C/C=C\C/C=C\CC. The molecule has 0 aliphatic heterocycles. The highest BCUT2D eigenvalue weighted by Crippen LogP contribution is 2.14. The van der Waals surface area contributed by atoms with Gasteiger partial charge in [0.2, 0.25) is 0 Å². The lowest BCUT2D eigenvalue weighted by molar-refractivity contribution is -0.167. The van der Waals surface area contributed by atoms with Gasteiger partial charge in [-0.1, -0.05) is 251 Å². The molecule has 0 saturated carbocycles. The van der Waals surface area contributed by atoms with Gasteiger partial charge in [-0.15, -0.1) is 0 Å². The molecule has 0 aliphatic rings. The monoisotopic (exact) mass is 1010 g/mol. The molecule has 0 radical (unpaired) electrons.